The van der Waals surface area contributed by atoms with E-state index in [0.717, 1.165) is 0 Å². The molecule has 2 amide bonds. The number of anilines is 2. The summed E-state index contributed by atoms with van der Waals surface area (Å²) in [5.41, 5.74) is 1.59. The number of hydrogen-bond acceptors (Lipinski definition) is 3. The number of carbonyl (C=O) groups is 3. The average molecular weight is 391 g/mol. The molecule has 2 aromatic carbocycles. The number of rotatable bonds is 5. The number of ketones is 1. The van der Waals surface area contributed by atoms with E-state index < -0.39 is 5.92 Å². The molecule has 7 heteroatoms. The van der Waals surface area contributed by atoms with Crippen LogP contribution in [0.2, 0.25) is 10.0 Å². The van der Waals surface area contributed by atoms with Gasteiger partial charge in [-0.1, -0.05) is 35.3 Å². The van der Waals surface area contributed by atoms with Gasteiger partial charge in [0.15, 0.2) is 5.78 Å². The first-order chi connectivity index (χ1) is 12.3. The van der Waals surface area contributed by atoms with Crippen molar-refractivity contribution in [3.63, 3.8) is 0 Å². The molecule has 26 heavy (non-hydrogen) atoms. The molecular weight excluding hydrogens is 375 g/mol. The van der Waals surface area contributed by atoms with Gasteiger partial charge in [0.1, 0.15) is 0 Å². The largest absolute Gasteiger partial charge is 0.326 e. The molecule has 1 fully saturated rings. The van der Waals surface area contributed by atoms with E-state index in [1.165, 1.54) is 6.92 Å². The van der Waals surface area contributed by atoms with Crippen molar-refractivity contribution in [3.8, 4) is 0 Å². The van der Waals surface area contributed by atoms with Crippen molar-refractivity contribution in [2.45, 2.75) is 13.3 Å². The van der Waals surface area contributed by atoms with Crippen molar-refractivity contribution in [1.82, 2.24) is 0 Å². The first-order valence-corrected chi connectivity index (χ1v) is 8.78. The third-order valence-electron chi connectivity index (χ3n) is 4.19. The Morgan fingerprint density at radius 1 is 0.885 bits per heavy atom. The van der Waals surface area contributed by atoms with Crippen LogP contribution in [0.25, 0.3) is 0 Å². The number of carbonyl (C=O) groups excluding carboxylic acids is 3. The fourth-order valence-corrected chi connectivity index (χ4v) is 2.93. The molecule has 2 unspecified atom stereocenters. The highest BCUT2D eigenvalue weighted by atomic mass is 35.5. The van der Waals surface area contributed by atoms with Crippen LogP contribution in [0.3, 0.4) is 0 Å². The number of amides is 2. The summed E-state index contributed by atoms with van der Waals surface area (Å²) in [4.78, 5) is 36.0. The molecule has 1 saturated carbocycles. The monoisotopic (exact) mass is 390 g/mol. The van der Waals surface area contributed by atoms with Crippen LogP contribution in [0, 0.1) is 11.8 Å². The Balaban J connectivity index is 1.58. The van der Waals surface area contributed by atoms with Crippen molar-refractivity contribution in [2.24, 2.45) is 11.8 Å². The molecule has 2 N–H and O–H groups in total. The van der Waals surface area contributed by atoms with Crippen molar-refractivity contribution in [1.29, 1.82) is 0 Å². The molecule has 0 spiro atoms. The van der Waals surface area contributed by atoms with Crippen molar-refractivity contribution < 1.29 is 14.4 Å². The lowest BCUT2D eigenvalue weighted by atomic mass is 10.1. The zero-order valence-electron chi connectivity index (χ0n) is 13.9. The van der Waals surface area contributed by atoms with Crippen LogP contribution >= 0.6 is 23.2 Å². The molecule has 2 atom stereocenters. The van der Waals surface area contributed by atoms with Gasteiger partial charge in [0, 0.05) is 16.9 Å². The van der Waals surface area contributed by atoms with E-state index in [2.05, 4.69) is 10.6 Å². The minimum absolute atomic E-state index is 0.0774. The lowest BCUT2D eigenvalue weighted by Crippen LogP contribution is -2.20. The second-order valence-electron chi connectivity index (χ2n) is 6.19. The highest BCUT2D eigenvalue weighted by molar-refractivity contribution is 6.42. The fraction of sp³-hybridized carbons (Fsp3) is 0.211. The molecule has 1 aliphatic rings. The van der Waals surface area contributed by atoms with E-state index in [1.807, 2.05) is 0 Å². The summed E-state index contributed by atoms with van der Waals surface area (Å²) >= 11 is 11.8. The number of nitrogens with one attached hydrogen (secondary N) is 2. The van der Waals surface area contributed by atoms with E-state index in [9.17, 15) is 14.4 Å². The number of benzene rings is 2. The summed E-state index contributed by atoms with van der Waals surface area (Å²) in [5, 5.41) is 6.24. The Morgan fingerprint density at radius 3 is 2.08 bits per heavy atom. The smallest absolute Gasteiger partial charge is 0.228 e. The van der Waals surface area contributed by atoms with Gasteiger partial charge in [-0.3, -0.25) is 14.4 Å². The lowest BCUT2D eigenvalue weighted by Gasteiger charge is -2.07. The maximum atomic E-state index is 12.3. The Kier molecular flexibility index (Phi) is 5.30. The van der Waals surface area contributed by atoms with Crippen LogP contribution in [0.15, 0.2) is 42.5 Å². The predicted octanol–water partition coefficient (Wildman–Crippen LogP) is 4.41. The Labute approximate surface area is 160 Å². The topological polar surface area (TPSA) is 75.3 Å². The Hall–Kier alpha value is -2.37. The first kappa shape index (κ1) is 18.4. The molecular formula is C19H16Cl2N2O3. The number of hydrogen-bond donors (Lipinski definition) is 2. The Morgan fingerprint density at radius 2 is 1.50 bits per heavy atom. The van der Waals surface area contributed by atoms with Crippen LogP contribution in [-0.2, 0) is 9.59 Å². The molecule has 0 bridgehead atoms. The summed E-state index contributed by atoms with van der Waals surface area (Å²) in [7, 11) is 0. The van der Waals surface area contributed by atoms with Gasteiger partial charge < -0.3 is 10.6 Å². The predicted molar refractivity (Wildman–Crippen MR) is 102 cm³/mol. The van der Waals surface area contributed by atoms with Gasteiger partial charge in [0.2, 0.25) is 11.8 Å². The van der Waals surface area contributed by atoms with E-state index in [0.29, 0.717) is 33.4 Å². The van der Waals surface area contributed by atoms with Gasteiger partial charge in [0.05, 0.1) is 21.9 Å². The van der Waals surface area contributed by atoms with Gasteiger partial charge in [-0.15, -0.1) is 0 Å². The molecule has 0 radical (unpaired) electrons. The molecule has 1 aliphatic carbocycles. The summed E-state index contributed by atoms with van der Waals surface area (Å²) in [6, 6.07) is 11.5. The van der Waals surface area contributed by atoms with Crippen LogP contribution in [0.4, 0.5) is 11.4 Å². The normalized spacial score (nSPS) is 18.1. The minimum Gasteiger partial charge on any atom is -0.326 e. The first-order valence-electron chi connectivity index (χ1n) is 8.03. The zero-order chi connectivity index (χ0) is 18.8. The average Bonchev–Trinajstić information content (AvgIpc) is 3.39. The second kappa shape index (κ2) is 7.48. The fourth-order valence-electron chi connectivity index (χ4n) is 2.63. The van der Waals surface area contributed by atoms with Crippen LogP contribution in [-0.4, -0.2) is 17.6 Å². The third-order valence-corrected chi connectivity index (χ3v) is 4.93. The van der Waals surface area contributed by atoms with Crippen molar-refractivity contribution in [3.05, 3.63) is 58.1 Å². The molecule has 0 heterocycles. The summed E-state index contributed by atoms with van der Waals surface area (Å²) in [6.45, 7) is 1.46. The highest BCUT2D eigenvalue weighted by Gasteiger charge is 2.48. The van der Waals surface area contributed by atoms with Gasteiger partial charge in [-0.25, -0.2) is 0 Å². The van der Waals surface area contributed by atoms with E-state index in [1.54, 1.807) is 42.5 Å². The summed E-state index contributed by atoms with van der Waals surface area (Å²) < 4.78 is 0. The molecule has 0 saturated heterocycles. The summed E-state index contributed by atoms with van der Waals surface area (Å²) in [6.07, 6.45) is 0.478. The van der Waals surface area contributed by atoms with E-state index >= 15 is 0 Å². The maximum absolute atomic E-state index is 12.3. The van der Waals surface area contributed by atoms with Crippen molar-refractivity contribution in [2.75, 3.05) is 10.6 Å². The molecule has 0 aromatic heterocycles. The lowest BCUT2D eigenvalue weighted by molar-refractivity contribution is -0.122. The SMILES string of the molecule is CC(=O)c1cccc(NC(=O)C2CC2C(=O)Nc2ccc(Cl)c(Cl)c2)c1. The number of Topliss-reactive ketones (excluding diaryl/α,β-unsaturated/α-hetero) is 1. The molecule has 134 valence electrons. The second-order valence-corrected chi connectivity index (χ2v) is 7.01. The minimum atomic E-state index is -0.390. The van der Waals surface area contributed by atoms with Gasteiger partial charge in [-0.05, 0) is 43.7 Å². The molecule has 3 rings (SSSR count). The maximum Gasteiger partial charge on any atom is 0.228 e. The third kappa shape index (κ3) is 4.23. The van der Waals surface area contributed by atoms with Crippen LogP contribution in [0.5, 0.6) is 0 Å². The quantitative estimate of drug-likeness (QED) is 0.742. The standard InChI is InChI=1S/C19H16Cl2N2O3/c1-10(24)11-3-2-4-12(7-11)22-18(25)14-9-15(14)19(26)23-13-5-6-16(20)17(21)8-13/h2-8,14-15H,9H2,1H3,(H,22,25)(H,23,26). The molecule has 0 aliphatic heterocycles. The zero-order valence-corrected chi connectivity index (χ0v) is 15.4. The molecule has 5 nitrogen and oxygen atoms in total. The molecule has 2 aromatic rings. The van der Waals surface area contributed by atoms with Gasteiger partial charge in [0.25, 0.3) is 0 Å². The van der Waals surface area contributed by atoms with Gasteiger partial charge in [-0.2, -0.15) is 0 Å². The summed E-state index contributed by atoms with van der Waals surface area (Å²) in [5.74, 6) is -1.33. The van der Waals surface area contributed by atoms with Gasteiger partial charge >= 0.3 is 0 Å². The highest BCUT2D eigenvalue weighted by Crippen LogP contribution is 2.40. The van der Waals surface area contributed by atoms with Crippen LogP contribution < -0.4 is 10.6 Å². The van der Waals surface area contributed by atoms with Crippen LogP contribution in [0.1, 0.15) is 23.7 Å². The Bertz CT molecular complexity index is 898. The van der Waals surface area contributed by atoms with E-state index in [4.69, 9.17) is 23.2 Å². The van der Waals surface area contributed by atoms with E-state index in [-0.39, 0.29) is 23.5 Å². The van der Waals surface area contributed by atoms with Crippen molar-refractivity contribution >= 4 is 52.2 Å². The number of halogens is 2.